The third-order valence-corrected chi connectivity index (χ3v) is 2.11. The summed E-state index contributed by atoms with van der Waals surface area (Å²) in [5, 5.41) is 16.4. The molecule has 0 fully saturated rings. The first kappa shape index (κ1) is 11.9. The van der Waals surface area contributed by atoms with Crippen molar-refractivity contribution in [3.8, 4) is 5.88 Å². The van der Waals surface area contributed by atoms with Crippen LogP contribution in [0, 0.1) is 0 Å². The minimum atomic E-state index is -0.250. The van der Waals surface area contributed by atoms with Crippen LogP contribution in [0.1, 0.15) is 0 Å². The second kappa shape index (κ2) is 5.06. The Kier molecular flexibility index (Phi) is 3.77. The van der Waals surface area contributed by atoms with E-state index in [1.807, 2.05) is 43.4 Å². The molecule has 0 aliphatic heterocycles. The average molecular weight is 222 g/mol. The number of pyridine rings is 1. The standard InChI is InChI=1S/C10H12N2O.CH2O2/c1-11(2)9-6-8-4-3-5-10(13)12(8)7-9;2-1-3/h3-7,13H,1-2H3;1H,(H,2,3). The Labute approximate surface area is 93.2 Å². The molecule has 5 nitrogen and oxygen atoms in total. The number of carbonyl (C=O) groups is 1. The summed E-state index contributed by atoms with van der Waals surface area (Å²) >= 11 is 0. The highest BCUT2D eigenvalue weighted by atomic mass is 16.3. The highest BCUT2D eigenvalue weighted by Crippen LogP contribution is 2.21. The first-order chi connectivity index (χ1) is 7.60. The van der Waals surface area contributed by atoms with Crippen LogP contribution < -0.4 is 4.90 Å². The molecular formula is C11H14N2O3. The first-order valence-electron chi connectivity index (χ1n) is 4.65. The number of anilines is 1. The predicted octanol–water partition coefficient (Wildman–Crippen LogP) is 1.41. The number of aromatic hydroxyl groups is 1. The zero-order valence-corrected chi connectivity index (χ0v) is 9.16. The van der Waals surface area contributed by atoms with Gasteiger partial charge in [-0.2, -0.15) is 0 Å². The fourth-order valence-electron chi connectivity index (χ4n) is 1.35. The van der Waals surface area contributed by atoms with Crippen LogP contribution in [0.15, 0.2) is 30.5 Å². The van der Waals surface area contributed by atoms with Crippen molar-refractivity contribution in [3.63, 3.8) is 0 Å². The van der Waals surface area contributed by atoms with Gasteiger partial charge in [-0.25, -0.2) is 0 Å². The largest absolute Gasteiger partial charge is 0.494 e. The summed E-state index contributed by atoms with van der Waals surface area (Å²) < 4.78 is 1.76. The van der Waals surface area contributed by atoms with Crippen molar-refractivity contribution in [1.82, 2.24) is 4.40 Å². The number of fused-ring (bicyclic) bond motifs is 1. The van der Waals surface area contributed by atoms with Gasteiger partial charge < -0.3 is 15.1 Å². The first-order valence-corrected chi connectivity index (χ1v) is 4.65. The zero-order chi connectivity index (χ0) is 12.1. The third kappa shape index (κ3) is 2.44. The maximum Gasteiger partial charge on any atom is 0.290 e. The monoisotopic (exact) mass is 222 g/mol. The molecule has 0 aromatic carbocycles. The van der Waals surface area contributed by atoms with Gasteiger partial charge in [-0.15, -0.1) is 0 Å². The van der Waals surface area contributed by atoms with E-state index in [4.69, 9.17) is 9.90 Å². The molecule has 5 heteroatoms. The van der Waals surface area contributed by atoms with Crippen LogP contribution >= 0.6 is 0 Å². The van der Waals surface area contributed by atoms with Gasteiger partial charge >= 0.3 is 0 Å². The van der Waals surface area contributed by atoms with E-state index < -0.39 is 0 Å². The Morgan fingerprint density at radius 2 is 2.00 bits per heavy atom. The van der Waals surface area contributed by atoms with Crippen molar-refractivity contribution in [2.45, 2.75) is 0 Å². The second-order valence-electron chi connectivity index (χ2n) is 3.38. The molecule has 2 aromatic rings. The lowest BCUT2D eigenvalue weighted by atomic mass is 10.4. The van der Waals surface area contributed by atoms with Crippen molar-refractivity contribution in [3.05, 3.63) is 30.5 Å². The molecule has 16 heavy (non-hydrogen) atoms. The lowest BCUT2D eigenvalue weighted by Gasteiger charge is -2.07. The highest BCUT2D eigenvalue weighted by Gasteiger charge is 2.02. The van der Waals surface area contributed by atoms with E-state index in [1.165, 1.54) is 0 Å². The van der Waals surface area contributed by atoms with Crippen LogP contribution in [0.25, 0.3) is 5.52 Å². The summed E-state index contributed by atoms with van der Waals surface area (Å²) in [5.74, 6) is 0.269. The van der Waals surface area contributed by atoms with Gasteiger partial charge in [0.05, 0.1) is 11.2 Å². The minimum Gasteiger partial charge on any atom is -0.494 e. The van der Waals surface area contributed by atoms with Crippen LogP contribution in [0.3, 0.4) is 0 Å². The Hall–Kier alpha value is -2.17. The van der Waals surface area contributed by atoms with Crippen LogP contribution in [-0.2, 0) is 4.79 Å². The maximum absolute atomic E-state index is 9.51. The van der Waals surface area contributed by atoms with Crippen molar-refractivity contribution in [2.24, 2.45) is 0 Å². The van der Waals surface area contributed by atoms with Crippen molar-refractivity contribution >= 4 is 17.7 Å². The summed E-state index contributed by atoms with van der Waals surface area (Å²) in [6.45, 7) is -0.250. The molecule has 0 bridgehead atoms. The van der Waals surface area contributed by atoms with Crippen LogP contribution in [0.5, 0.6) is 5.88 Å². The van der Waals surface area contributed by atoms with E-state index in [2.05, 4.69) is 0 Å². The summed E-state index contributed by atoms with van der Waals surface area (Å²) in [7, 11) is 3.96. The van der Waals surface area contributed by atoms with Gasteiger partial charge in [0.15, 0.2) is 5.88 Å². The average Bonchev–Trinajstić information content (AvgIpc) is 2.64. The highest BCUT2D eigenvalue weighted by molar-refractivity contribution is 5.62. The Balaban J connectivity index is 0.000000386. The summed E-state index contributed by atoms with van der Waals surface area (Å²) in [6, 6.07) is 7.50. The predicted molar refractivity (Wildman–Crippen MR) is 62.1 cm³/mol. The molecule has 0 aliphatic rings. The molecule has 0 saturated heterocycles. The van der Waals surface area contributed by atoms with E-state index in [-0.39, 0.29) is 12.4 Å². The van der Waals surface area contributed by atoms with Gasteiger partial charge in [0.25, 0.3) is 6.47 Å². The number of carboxylic acid groups (broad SMARTS) is 1. The molecule has 2 aromatic heterocycles. The quantitative estimate of drug-likeness (QED) is 0.716. The Bertz CT molecular complexity index is 477. The zero-order valence-electron chi connectivity index (χ0n) is 9.16. The molecule has 0 atom stereocenters. The van der Waals surface area contributed by atoms with Crippen LogP contribution in [-0.4, -0.2) is 35.2 Å². The Morgan fingerprint density at radius 3 is 2.50 bits per heavy atom. The number of nitrogens with zero attached hydrogens (tertiary/aromatic N) is 2. The van der Waals surface area contributed by atoms with Crippen molar-refractivity contribution < 1.29 is 15.0 Å². The van der Waals surface area contributed by atoms with Crippen LogP contribution in [0.2, 0.25) is 0 Å². The van der Waals surface area contributed by atoms with Gasteiger partial charge in [-0.3, -0.25) is 9.20 Å². The lowest BCUT2D eigenvalue weighted by Crippen LogP contribution is -2.06. The van der Waals surface area contributed by atoms with Gasteiger partial charge in [0.2, 0.25) is 0 Å². The number of rotatable bonds is 1. The number of aromatic nitrogens is 1. The van der Waals surface area contributed by atoms with E-state index in [9.17, 15) is 5.11 Å². The summed E-state index contributed by atoms with van der Waals surface area (Å²) in [5.41, 5.74) is 2.09. The maximum atomic E-state index is 9.51. The lowest BCUT2D eigenvalue weighted by molar-refractivity contribution is -0.122. The molecule has 0 amide bonds. The fourth-order valence-corrected chi connectivity index (χ4v) is 1.35. The molecular weight excluding hydrogens is 208 g/mol. The third-order valence-electron chi connectivity index (χ3n) is 2.11. The molecule has 0 radical (unpaired) electrons. The number of hydrogen-bond donors (Lipinski definition) is 2. The van der Waals surface area contributed by atoms with Gasteiger partial charge in [-0.1, -0.05) is 6.07 Å². The topological polar surface area (TPSA) is 65.2 Å². The second-order valence-corrected chi connectivity index (χ2v) is 3.38. The van der Waals surface area contributed by atoms with Gasteiger partial charge in [-0.05, 0) is 18.2 Å². The van der Waals surface area contributed by atoms with E-state index in [0.717, 1.165) is 11.2 Å². The molecule has 86 valence electrons. The molecule has 0 aliphatic carbocycles. The smallest absolute Gasteiger partial charge is 0.290 e. The molecule has 0 unspecified atom stereocenters. The molecule has 2 heterocycles. The van der Waals surface area contributed by atoms with E-state index in [1.54, 1.807) is 10.5 Å². The normalized spacial score (nSPS) is 9.38. The van der Waals surface area contributed by atoms with Crippen molar-refractivity contribution in [1.29, 1.82) is 0 Å². The van der Waals surface area contributed by atoms with Crippen molar-refractivity contribution in [2.75, 3.05) is 19.0 Å². The van der Waals surface area contributed by atoms with Gasteiger partial charge in [0.1, 0.15) is 0 Å². The molecule has 2 N–H and O–H groups in total. The number of hydrogen-bond acceptors (Lipinski definition) is 3. The summed E-state index contributed by atoms with van der Waals surface area (Å²) in [4.78, 5) is 10.4. The SMILES string of the molecule is CN(C)c1cc2cccc(O)n2c1.O=CO. The molecule has 0 saturated carbocycles. The van der Waals surface area contributed by atoms with Crippen LogP contribution in [0.4, 0.5) is 5.69 Å². The summed E-state index contributed by atoms with van der Waals surface area (Å²) in [6.07, 6.45) is 1.91. The molecule has 2 rings (SSSR count). The minimum absolute atomic E-state index is 0.250. The molecule has 0 spiro atoms. The van der Waals surface area contributed by atoms with Gasteiger partial charge in [0, 0.05) is 20.3 Å². The van der Waals surface area contributed by atoms with E-state index in [0.29, 0.717) is 0 Å². The fraction of sp³-hybridized carbons (Fsp3) is 0.182. The Morgan fingerprint density at radius 1 is 1.38 bits per heavy atom. The van der Waals surface area contributed by atoms with E-state index >= 15 is 0 Å².